The number of likely N-dealkylation sites (N-methyl/N-ethyl adjacent to an activating group) is 1. The standard InChI is InChI=1S/C14H20F3N3/c1-19-6-8-20(9-7-19)10-13(18)11-4-2-3-5-12(11)14(15,16)17/h2-5,13H,6-10,18H2,1H3. The maximum Gasteiger partial charge on any atom is 0.416 e. The third kappa shape index (κ3) is 3.71. The third-order valence-electron chi connectivity index (χ3n) is 3.72. The van der Waals surface area contributed by atoms with Gasteiger partial charge in [-0.2, -0.15) is 13.2 Å². The number of benzene rings is 1. The number of rotatable bonds is 3. The Labute approximate surface area is 117 Å². The van der Waals surface area contributed by atoms with Gasteiger partial charge in [-0.05, 0) is 18.7 Å². The molecule has 3 nitrogen and oxygen atoms in total. The van der Waals surface area contributed by atoms with E-state index in [-0.39, 0.29) is 5.56 Å². The molecule has 0 aromatic heterocycles. The molecular formula is C14H20F3N3. The fourth-order valence-electron chi connectivity index (χ4n) is 2.49. The summed E-state index contributed by atoms with van der Waals surface area (Å²) in [5, 5.41) is 0. The normalized spacial score (nSPS) is 20.1. The second kappa shape index (κ2) is 6.11. The SMILES string of the molecule is CN1CCN(CC(N)c2ccccc2C(F)(F)F)CC1. The highest BCUT2D eigenvalue weighted by molar-refractivity contribution is 5.32. The smallest absolute Gasteiger partial charge is 0.323 e. The lowest BCUT2D eigenvalue weighted by Gasteiger charge is -2.34. The molecule has 0 bridgehead atoms. The summed E-state index contributed by atoms with van der Waals surface area (Å²) in [7, 11) is 2.04. The molecule has 1 aliphatic heterocycles. The maximum atomic E-state index is 13.0. The Bertz CT molecular complexity index is 440. The predicted molar refractivity (Wildman–Crippen MR) is 72.3 cm³/mol. The van der Waals surface area contributed by atoms with Crippen molar-refractivity contribution >= 4 is 0 Å². The Morgan fingerprint density at radius 3 is 2.35 bits per heavy atom. The fourth-order valence-corrected chi connectivity index (χ4v) is 2.49. The average molecular weight is 287 g/mol. The average Bonchev–Trinajstić information content (AvgIpc) is 2.40. The number of hydrogen-bond donors (Lipinski definition) is 1. The molecule has 1 saturated heterocycles. The summed E-state index contributed by atoms with van der Waals surface area (Å²) >= 11 is 0. The molecule has 20 heavy (non-hydrogen) atoms. The van der Waals surface area contributed by atoms with Crippen molar-refractivity contribution in [1.29, 1.82) is 0 Å². The fraction of sp³-hybridized carbons (Fsp3) is 0.571. The molecule has 0 radical (unpaired) electrons. The van der Waals surface area contributed by atoms with Crippen molar-refractivity contribution in [3.63, 3.8) is 0 Å². The Morgan fingerprint density at radius 1 is 1.15 bits per heavy atom. The first-order valence-corrected chi connectivity index (χ1v) is 6.70. The van der Waals surface area contributed by atoms with Gasteiger partial charge in [0.2, 0.25) is 0 Å². The summed E-state index contributed by atoms with van der Waals surface area (Å²) in [4.78, 5) is 4.32. The zero-order valence-electron chi connectivity index (χ0n) is 11.5. The Balaban J connectivity index is 2.08. The van der Waals surface area contributed by atoms with E-state index in [1.807, 2.05) is 7.05 Å². The van der Waals surface area contributed by atoms with Crippen LogP contribution in [0.15, 0.2) is 24.3 Å². The van der Waals surface area contributed by atoms with Crippen molar-refractivity contribution in [2.45, 2.75) is 12.2 Å². The van der Waals surface area contributed by atoms with Crippen LogP contribution in [0, 0.1) is 0 Å². The third-order valence-corrected chi connectivity index (χ3v) is 3.72. The van der Waals surface area contributed by atoms with Crippen LogP contribution < -0.4 is 5.73 Å². The molecule has 6 heteroatoms. The summed E-state index contributed by atoms with van der Waals surface area (Å²) < 4.78 is 38.9. The highest BCUT2D eigenvalue weighted by atomic mass is 19.4. The van der Waals surface area contributed by atoms with Crippen LogP contribution in [0.1, 0.15) is 17.2 Å². The van der Waals surface area contributed by atoms with Gasteiger partial charge in [0.1, 0.15) is 0 Å². The van der Waals surface area contributed by atoms with Crippen LogP contribution in [-0.4, -0.2) is 49.6 Å². The van der Waals surface area contributed by atoms with E-state index < -0.39 is 17.8 Å². The van der Waals surface area contributed by atoms with Crippen molar-refractivity contribution in [1.82, 2.24) is 9.80 Å². The van der Waals surface area contributed by atoms with Gasteiger partial charge in [0, 0.05) is 38.8 Å². The lowest BCUT2D eigenvalue weighted by Crippen LogP contribution is -2.46. The largest absolute Gasteiger partial charge is 0.416 e. The monoisotopic (exact) mass is 287 g/mol. The number of alkyl halides is 3. The highest BCUT2D eigenvalue weighted by Crippen LogP contribution is 2.34. The number of nitrogens with two attached hydrogens (primary N) is 1. The van der Waals surface area contributed by atoms with E-state index in [1.165, 1.54) is 12.1 Å². The van der Waals surface area contributed by atoms with Crippen molar-refractivity contribution in [2.24, 2.45) is 5.73 Å². The zero-order valence-corrected chi connectivity index (χ0v) is 11.5. The van der Waals surface area contributed by atoms with Crippen molar-refractivity contribution in [3.05, 3.63) is 35.4 Å². The number of nitrogens with zero attached hydrogens (tertiary/aromatic N) is 2. The topological polar surface area (TPSA) is 32.5 Å². The Morgan fingerprint density at radius 2 is 1.75 bits per heavy atom. The van der Waals surface area contributed by atoms with Gasteiger partial charge < -0.3 is 10.6 Å². The summed E-state index contributed by atoms with van der Waals surface area (Å²) in [6, 6.07) is 4.96. The minimum absolute atomic E-state index is 0.180. The van der Waals surface area contributed by atoms with Crippen LogP contribution in [0.3, 0.4) is 0 Å². The van der Waals surface area contributed by atoms with Crippen LogP contribution in [-0.2, 0) is 6.18 Å². The molecule has 1 aromatic rings. The molecule has 1 atom stereocenters. The van der Waals surface area contributed by atoms with E-state index in [1.54, 1.807) is 6.07 Å². The van der Waals surface area contributed by atoms with Crippen molar-refractivity contribution in [3.8, 4) is 0 Å². The first kappa shape index (κ1) is 15.3. The van der Waals surface area contributed by atoms with E-state index in [2.05, 4.69) is 9.80 Å². The summed E-state index contributed by atoms with van der Waals surface area (Å²) in [6.07, 6.45) is -4.35. The zero-order chi connectivity index (χ0) is 14.8. The molecule has 1 aromatic carbocycles. The van der Waals surface area contributed by atoms with Gasteiger partial charge in [-0.1, -0.05) is 18.2 Å². The van der Waals surface area contributed by atoms with Crippen LogP contribution in [0.2, 0.25) is 0 Å². The minimum Gasteiger partial charge on any atom is -0.323 e. The Kier molecular flexibility index (Phi) is 4.67. The lowest BCUT2D eigenvalue weighted by atomic mass is 10.00. The van der Waals surface area contributed by atoms with Gasteiger partial charge in [-0.15, -0.1) is 0 Å². The van der Waals surface area contributed by atoms with Gasteiger partial charge in [0.25, 0.3) is 0 Å². The molecule has 0 saturated carbocycles. The van der Waals surface area contributed by atoms with E-state index >= 15 is 0 Å². The van der Waals surface area contributed by atoms with E-state index in [0.29, 0.717) is 6.54 Å². The van der Waals surface area contributed by atoms with Crippen molar-refractivity contribution < 1.29 is 13.2 Å². The Hall–Kier alpha value is -1.11. The lowest BCUT2D eigenvalue weighted by molar-refractivity contribution is -0.138. The second-order valence-corrected chi connectivity index (χ2v) is 5.30. The second-order valence-electron chi connectivity index (χ2n) is 5.30. The summed E-state index contributed by atoms with van der Waals surface area (Å²) in [5.74, 6) is 0. The van der Waals surface area contributed by atoms with Crippen molar-refractivity contribution in [2.75, 3.05) is 39.8 Å². The first-order chi connectivity index (χ1) is 9.38. The number of hydrogen-bond acceptors (Lipinski definition) is 3. The summed E-state index contributed by atoms with van der Waals surface area (Å²) in [6.45, 7) is 4.00. The minimum atomic E-state index is -4.35. The number of piperazine rings is 1. The van der Waals surface area contributed by atoms with E-state index in [9.17, 15) is 13.2 Å². The van der Waals surface area contributed by atoms with Gasteiger partial charge in [0.05, 0.1) is 5.56 Å². The van der Waals surface area contributed by atoms with Crippen LogP contribution in [0.4, 0.5) is 13.2 Å². The van der Waals surface area contributed by atoms with E-state index in [0.717, 1.165) is 32.2 Å². The maximum absolute atomic E-state index is 13.0. The molecule has 0 amide bonds. The first-order valence-electron chi connectivity index (χ1n) is 6.70. The molecular weight excluding hydrogens is 267 g/mol. The predicted octanol–water partition coefficient (Wildman–Crippen LogP) is 1.95. The van der Waals surface area contributed by atoms with Gasteiger partial charge in [0.15, 0.2) is 0 Å². The van der Waals surface area contributed by atoms with Gasteiger partial charge in [-0.25, -0.2) is 0 Å². The van der Waals surface area contributed by atoms with Crippen LogP contribution >= 0.6 is 0 Å². The molecule has 0 spiro atoms. The molecule has 2 rings (SSSR count). The van der Waals surface area contributed by atoms with Gasteiger partial charge in [-0.3, -0.25) is 4.90 Å². The molecule has 2 N–H and O–H groups in total. The molecule has 1 unspecified atom stereocenters. The van der Waals surface area contributed by atoms with Crippen LogP contribution in [0.25, 0.3) is 0 Å². The molecule has 1 aliphatic rings. The highest BCUT2D eigenvalue weighted by Gasteiger charge is 2.34. The quantitative estimate of drug-likeness (QED) is 0.922. The molecule has 112 valence electrons. The molecule has 1 fully saturated rings. The molecule has 0 aliphatic carbocycles. The van der Waals surface area contributed by atoms with E-state index in [4.69, 9.17) is 5.73 Å². The van der Waals surface area contributed by atoms with Crippen LogP contribution in [0.5, 0.6) is 0 Å². The summed E-state index contributed by atoms with van der Waals surface area (Å²) in [5.41, 5.74) is 5.56. The number of halogens is 3. The molecule has 1 heterocycles. The van der Waals surface area contributed by atoms with Gasteiger partial charge >= 0.3 is 6.18 Å².